The molecule has 102 valence electrons. The highest BCUT2D eigenvalue weighted by Gasteiger charge is 2.19. The molecule has 0 saturated carbocycles. The monoisotopic (exact) mass is 282 g/mol. The molecule has 0 aliphatic carbocycles. The number of amides is 1. The minimum atomic E-state index is -0.454. The molecule has 1 heterocycles. The summed E-state index contributed by atoms with van der Waals surface area (Å²) >= 11 is 6.05. The van der Waals surface area contributed by atoms with E-state index < -0.39 is 4.92 Å². The van der Waals surface area contributed by atoms with Crippen LogP contribution in [0.2, 0.25) is 5.02 Å². The first-order valence-electron chi connectivity index (χ1n) is 6.28. The Labute approximate surface area is 116 Å². The molecule has 1 fully saturated rings. The first kappa shape index (κ1) is 13.8. The van der Waals surface area contributed by atoms with E-state index in [-0.39, 0.29) is 11.6 Å². The molecule has 1 amide bonds. The Hall–Kier alpha value is -1.62. The van der Waals surface area contributed by atoms with E-state index in [1.54, 1.807) is 4.90 Å². The van der Waals surface area contributed by atoms with Crippen molar-refractivity contribution < 1.29 is 9.72 Å². The van der Waals surface area contributed by atoms with Crippen LogP contribution >= 0.6 is 11.6 Å². The van der Waals surface area contributed by atoms with Crippen LogP contribution in [0.25, 0.3) is 0 Å². The minimum Gasteiger partial charge on any atom is -0.338 e. The highest BCUT2D eigenvalue weighted by atomic mass is 35.5. The summed E-state index contributed by atoms with van der Waals surface area (Å²) in [7, 11) is 0. The molecule has 1 aromatic rings. The van der Waals surface area contributed by atoms with Gasteiger partial charge in [-0.05, 0) is 24.5 Å². The average Bonchev–Trinajstić information content (AvgIpc) is 2.57. The molecule has 0 atom stereocenters. The van der Waals surface area contributed by atoms with Gasteiger partial charge in [-0.25, -0.2) is 0 Å². The molecule has 0 aromatic heterocycles. The molecule has 0 bridgehead atoms. The summed E-state index contributed by atoms with van der Waals surface area (Å²) in [5.74, 6) is 0.0973. The lowest BCUT2D eigenvalue weighted by Crippen LogP contribution is -2.29. The van der Waals surface area contributed by atoms with E-state index in [0.29, 0.717) is 30.1 Å². The summed E-state index contributed by atoms with van der Waals surface area (Å²) in [6.45, 7) is 1.04. The fraction of sp³-hybridized carbons (Fsp3) is 0.462. The lowest BCUT2D eigenvalue weighted by molar-refractivity contribution is -0.384. The fourth-order valence-corrected chi connectivity index (χ4v) is 2.38. The first-order valence-corrected chi connectivity index (χ1v) is 6.66. The number of nitrogens with zero attached hydrogens (tertiary/aromatic N) is 2. The zero-order valence-corrected chi connectivity index (χ0v) is 11.2. The molecule has 1 aliphatic heterocycles. The number of nitro groups is 1. The van der Waals surface area contributed by atoms with Crippen molar-refractivity contribution in [2.75, 3.05) is 6.54 Å². The Kier molecular flexibility index (Phi) is 4.37. The van der Waals surface area contributed by atoms with Gasteiger partial charge in [0.05, 0.1) is 4.92 Å². The lowest BCUT2D eigenvalue weighted by Gasteiger charge is -2.21. The second-order valence-electron chi connectivity index (χ2n) is 4.66. The zero-order chi connectivity index (χ0) is 13.8. The number of non-ortho nitro benzene ring substituents is 1. The molecule has 6 heteroatoms. The number of likely N-dealkylation sites (tertiary alicyclic amines) is 1. The third-order valence-corrected chi connectivity index (χ3v) is 3.64. The maximum atomic E-state index is 11.9. The third kappa shape index (κ3) is 3.44. The summed E-state index contributed by atoms with van der Waals surface area (Å²) in [5, 5.41) is 11.2. The van der Waals surface area contributed by atoms with Crippen LogP contribution in [-0.4, -0.2) is 22.3 Å². The standard InChI is InChI=1S/C13H15ClN2O3/c14-12-6-5-11(16(18)19)8-10(12)9-15-7-3-1-2-4-13(15)17/h5-6,8H,1-4,7,9H2. The van der Waals surface area contributed by atoms with Crippen LogP contribution in [0, 0.1) is 10.1 Å². The highest BCUT2D eigenvalue weighted by molar-refractivity contribution is 6.31. The molecule has 5 nitrogen and oxygen atoms in total. The van der Waals surface area contributed by atoms with Crippen molar-refractivity contribution in [3.05, 3.63) is 38.9 Å². The van der Waals surface area contributed by atoms with Gasteiger partial charge in [0.25, 0.3) is 5.69 Å². The van der Waals surface area contributed by atoms with Crippen LogP contribution in [0.1, 0.15) is 31.2 Å². The van der Waals surface area contributed by atoms with E-state index in [9.17, 15) is 14.9 Å². The second kappa shape index (κ2) is 6.02. The van der Waals surface area contributed by atoms with Gasteiger partial charge in [0, 0.05) is 36.7 Å². The topological polar surface area (TPSA) is 63.5 Å². The quantitative estimate of drug-likeness (QED) is 0.632. The first-order chi connectivity index (χ1) is 9.08. The zero-order valence-electron chi connectivity index (χ0n) is 10.5. The molecule has 19 heavy (non-hydrogen) atoms. The Morgan fingerprint density at radius 2 is 2.11 bits per heavy atom. The number of hydrogen-bond acceptors (Lipinski definition) is 3. The van der Waals surface area contributed by atoms with E-state index in [1.807, 2.05) is 0 Å². The maximum Gasteiger partial charge on any atom is 0.269 e. The van der Waals surface area contributed by atoms with E-state index in [1.165, 1.54) is 18.2 Å². The number of carbonyl (C=O) groups is 1. The molecule has 1 aliphatic rings. The van der Waals surface area contributed by atoms with E-state index in [0.717, 1.165) is 19.3 Å². The van der Waals surface area contributed by atoms with Crippen LogP contribution < -0.4 is 0 Å². The van der Waals surface area contributed by atoms with Crippen LogP contribution in [0.3, 0.4) is 0 Å². The summed E-state index contributed by atoms with van der Waals surface area (Å²) in [5.41, 5.74) is 0.632. The van der Waals surface area contributed by atoms with Gasteiger partial charge in [0.15, 0.2) is 0 Å². The smallest absolute Gasteiger partial charge is 0.269 e. The minimum absolute atomic E-state index is 0.00155. The number of nitro benzene ring substituents is 1. The number of benzene rings is 1. The maximum absolute atomic E-state index is 11.9. The Balaban J connectivity index is 2.19. The molecule has 2 rings (SSSR count). The molecule has 0 radical (unpaired) electrons. The van der Waals surface area contributed by atoms with E-state index in [2.05, 4.69) is 0 Å². The SMILES string of the molecule is O=C1CCCCCN1Cc1cc([N+](=O)[O-])ccc1Cl. The fourth-order valence-electron chi connectivity index (χ4n) is 2.21. The van der Waals surface area contributed by atoms with Gasteiger partial charge < -0.3 is 4.90 Å². The lowest BCUT2D eigenvalue weighted by atomic mass is 10.2. The largest absolute Gasteiger partial charge is 0.338 e. The van der Waals surface area contributed by atoms with Gasteiger partial charge in [-0.15, -0.1) is 0 Å². The number of hydrogen-bond donors (Lipinski definition) is 0. The molecule has 0 N–H and O–H groups in total. The molecule has 0 spiro atoms. The van der Waals surface area contributed by atoms with E-state index >= 15 is 0 Å². The van der Waals surface area contributed by atoms with Crippen LogP contribution in [0.5, 0.6) is 0 Å². The van der Waals surface area contributed by atoms with E-state index in [4.69, 9.17) is 11.6 Å². The average molecular weight is 283 g/mol. The van der Waals surface area contributed by atoms with Crippen molar-refractivity contribution in [2.45, 2.75) is 32.2 Å². The predicted molar refractivity (Wildman–Crippen MR) is 72.0 cm³/mol. The Morgan fingerprint density at radius 1 is 1.32 bits per heavy atom. The molecular formula is C13H15ClN2O3. The summed E-state index contributed by atoms with van der Waals surface area (Å²) in [6.07, 6.45) is 3.48. The summed E-state index contributed by atoms with van der Waals surface area (Å²) < 4.78 is 0. The van der Waals surface area contributed by atoms with Crippen molar-refractivity contribution in [1.82, 2.24) is 4.90 Å². The Bertz CT molecular complexity index is 505. The van der Waals surface area contributed by atoms with Crippen molar-refractivity contribution in [3.63, 3.8) is 0 Å². The van der Waals surface area contributed by atoms with Gasteiger partial charge in [-0.3, -0.25) is 14.9 Å². The van der Waals surface area contributed by atoms with Gasteiger partial charge in [0.1, 0.15) is 0 Å². The number of rotatable bonds is 3. The van der Waals surface area contributed by atoms with Crippen LogP contribution in [-0.2, 0) is 11.3 Å². The molecule has 1 aromatic carbocycles. The second-order valence-corrected chi connectivity index (χ2v) is 5.07. The summed E-state index contributed by atoms with van der Waals surface area (Å²) in [4.78, 5) is 23.9. The molecule has 0 unspecified atom stereocenters. The Morgan fingerprint density at radius 3 is 2.84 bits per heavy atom. The van der Waals surface area contributed by atoms with Crippen LogP contribution in [0.4, 0.5) is 5.69 Å². The van der Waals surface area contributed by atoms with Gasteiger partial charge in [-0.1, -0.05) is 18.0 Å². The molecule has 1 saturated heterocycles. The highest BCUT2D eigenvalue weighted by Crippen LogP contribution is 2.24. The molecular weight excluding hydrogens is 268 g/mol. The predicted octanol–water partition coefficient (Wildman–Crippen LogP) is 3.15. The number of halogens is 1. The van der Waals surface area contributed by atoms with Crippen molar-refractivity contribution in [1.29, 1.82) is 0 Å². The number of carbonyl (C=O) groups excluding carboxylic acids is 1. The van der Waals surface area contributed by atoms with Crippen LogP contribution in [0.15, 0.2) is 18.2 Å². The van der Waals surface area contributed by atoms with Gasteiger partial charge in [-0.2, -0.15) is 0 Å². The van der Waals surface area contributed by atoms with Gasteiger partial charge >= 0.3 is 0 Å². The van der Waals surface area contributed by atoms with Crippen molar-refractivity contribution in [3.8, 4) is 0 Å². The van der Waals surface area contributed by atoms with Gasteiger partial charge in [0.2, 0.25) is 5.91 Å². The van der Waals surface area contributed by atoms with Crippen molar-refractivity contribution in [2.24, 2.45) is 0 Å². The summed E-state index contributed by atoms with van der Waals surface area (Å²) in [6, 6.07) is 4.33. The third-order valence-electron chi connectivity index (χ3n) is 3.27. The van der Waals surface area contributed by atoms with Crippen molar-refractivity contribution >= 4 is 23.2 Å². The normalized spacial score (nSPS) is 16.3.